The minimum absolute atomic E-state index is 0.589. The van der Waals surface area contributed by atoms with Crippen molar-refractivity contribution in [1.29, 1.82) is 0 Å². The standard InChI is InChI=1S/C14H21N3O2/c1-17(10-2-3-10)5-4-16-12-9-14-13(8-11(12)15)18-6-7-19-14/h8-10,16H,2-7,15H2,1H3. The molecule has 1 heterocycles. The minimum Gasteiger partial charge on any atom is -0.486 e. The van der Waals surface area contributed by atoms with Gasteiger partial charge in [-0.15, -0.1) is 0 Å². The van der Waals surface area contributed by atoms with E-state index in [1.807, 2.05) is 12.1 Å². The van der Waals surface area contributed by atoms with E-state index < -0.39 is 0 Å². The van der Waals surface area contributed by atoms with Gasteiger partial charge in [0, 0.05) is 31.3 Å². The number of hydrogen-bond donors (Lipinski definition) is 2. The highest BCUT2D eigenvalue weighted by Gasteiger charge is 2.25. The van der Waals surface area contributed by atoms with Crippen molar-refractivity contribution in [3.63, 3.8) is 0 Å². The lowest BCUT2D eigenvalue weighted by Gasteiger charge is -2.21. The maximum atomic E-state index is 6.02. The summed E-state index contributed by atoms with van der Waals surface area (Å²) in [6.45, 7) is 3.10. The molecule has 1 aliphatic heterocycles. The van der Waals surface area contributed by atoms with Crippen LogP contribution in [0.1, 0.15) is 12.8 Å². The summed E-state index contributed by atoms with van der Waals surface area (Å²) in [6.07, 6.45) is 2.67. The Hall–Kier alpha value is -1.62. The Morgan fingerprint density at radius 1 is 1.26 bits per heavy atom. The van der Waals surface area contributed by atoms with Crippen LogP contribution in [0.5, 0.6) is 11.5 Å². The summed E-state index contributed by atoms with van der Waals surface area (Å²) < 4.78 is 11.1. The van der Waals surface area contributed by atoms with Crippen LogP contribution in [0, 0.1) is 0 Å². The van der Waals surface area contributed by atoms with E-state index in [0.29, 0.717) is 18.9 Å². The number of nitrogens with two attached hydrogens (primary N) is 1. The summed E-state index contributed by atoms with van der Waals surface area (Å²) in [4.78, 5) is 2.39. The predicted molar refractivity (Wildman–Crippen MR) is 76.0 cm³/mol. The van der Waals surface area contributed by atoms with Gasteiger partial charge in [-0.05, 0) is 19.9 Å². The molecular formula is C14H21N3O2. The van der Waals surface area contributed by atoms with E-state index in [-0.39, 0.29) is 0 Å². The van der Waals surface area contributed by atoms with Gasteiger partial charge in [0.2, 0.25) is 0 Å². The minimum atomic E-state index is 0.589. The van der Waals surface area contributed by atoms with Crippen molar-refractivity contribution >= 4 is 11.4 Å². The molecule has 1 fully saturated rings. The molecule has 1 saturated carbocycles. The van der Waals surface area contributed by atoms with Crippen molar-refractivity contribution in [2.75, 3.05) is 44.4 Å². The van der Waals surface area contributed by atoms with Crippen LogP contribution >= 0.6 is 0 Å². The number of nitrogen functional groups attached to an aromatic ring is 1. The summed E-state index contributed by atoms with van der Waals surface area (Å²) >= 11 is 0. The average Bonchev–Trinajstić information content (AvgIpc) is 3.23. The van der Waals surface area contributed by atoms with Crippen LogP contribution in [-0.4, -0.2) is 44.3 Å². The van der Waals surface area contributed by atoms with Crippen molar-refractivity contribution in [2.24, 2.45) is 0 Å². The number of rotatable bonds is 5. The van der Waals surface area contributed by atoms with E-state index in [1.165, 1.54) is 12.8 Å². The van der Waals surface area contributed by atoms with Gasteiger partial charge in [0.1, 0.15) is 13.2 Å². The Labute approximate surface area is 113 Å². The molecule has 0 radical (unpaired) electrons. The van der Waals surface area contributed by atoms with Crippen molar-refractivity contribution in [1.82, 2.24) is 4.90 Å². The number of anilines is 2. The fourth-order valence-corrected chi connectivity index (χ4v) is 2.32. The van der Waals surface area contributed by atoms with Crippen LogP contribution in [0.25, 0.3) is 0 Å². The normalized spacial score (nSPS) is 17.6. The second-order valence-electron chi connectivity index (χ2n) is 5.22. The molecule has 0 aromatic heterocycles. The largest absolute Gasteiger partial charge is 0.486 e. The fourth-order valence-electron chi connectivity index (χ4n) is 2.32. The first-order valence-corrected chi connectivity index (χ1v) is 6.87. The van der Waals surface area contributed by atoms with Gasteiger partial charge in [-0.2, -0.15) is 0 Å². The van der Waals surface area contributed by atoms with E-state index >= 15 is 0 Å². The molecule has 0 amide bonds. The highest BCUT2D eigenvalue weighted by molar-refractivity contribution is 5.72. The van der Waals surface area contributed by atoms with Crippen molar-refractivity contribution in [3.05, 3.63) is 12.1 Å². The molecule has 2 aliphatic rings. The van der Waals surface area contributed by atoms with E-state index in [0.717, 1.165) is 36.3 Å². The van der Waals surface area contributed by atoms with Crippen LogP contribution in [0.15, 0.2) is 12.1 Å². The summed E-state index contributed by atoms with van der Waals surface area (Å²) in [5.41, 5.74) is 7.65. The quantitative estimate of drug-likeness (QED) is 0.789. The topological polar surface area (TPSA) is 59.8 Å². The molecule has 5 heteroatoms. The first-order chi connectivity index (χ1) is 9.24. The number of nitrogens with zero attached hydrogens (tertiary/aromatic N) is 1. The molecule has 0 spiro atoms. The summed E-state index contributed by atoms with van der Waals surface area (Å²) in [5.74, 6) is 1.52. The van der Waals surface area contributed by atoms with Crippen LogP contribution in [-0.2, 0) is 0 Å². The smallest absolute Gasteiger partial charge is 0.163 e. The second-order valence-corrected chi connectivity index (χ2v) is 5.22. The van der Waals surface area contributed by atoms with Gasteiger partial charge in [0.15, 0.2) is 11.5 Å². The predicted octanol–water partition coefficient (Wildman–Crippen LogP) is 1.55. The summed E-state index contributed by atoms with van der Waals surface area (Å²) in [6, 6.07) is 4.56. The number of likely N-dealkylation sites (N-methyl/N-ethyl adjacent to an activating group) is 1. The number of hydrogen-bond acceptors (Lipinski definition) is 5. The van der Waals surface area contributed by atoms with Gasteiger partial charge in [-0.1, -0.05) is 0 Å². The van der Waals surface area contributed by atoms with Crippen LogP contribution < -0.4 is 20.5 Å². The Morgan fingerprint density at radius 3 is 2.63 bits per heavy atom. The summed E-state index contributed by atoms with van der Waals surface area (Å²) in [7, 11) is 2.17. The number of nitrogens with one attached hydrogen (secondary N) is 1. The van der Waals surface area contributed by atoms with Crippen LogP contribution in [0.2, 0.25) is 0 Å². The van der Waals surface area contributed by atoms with E-state index in [2.05, 4.69) is 17.3 Å². The third-order valence-corrected chi connectivity index (χ3v) is 3.66. The van der Waals surface area contributed by atoms with Crippen LogP contribution in [0.3, 0.4) is 0 Å². The lowest BCUT2D eigenvalue weighted by atomic mass is 10.2. The van der Waals surface area contributed by atoms with Crippen molar-refractivity contribution in [2.45, 2.75) is 18.9 Å². The number of ether oxygens (including phenoxy) is 2. The summed E-state index contributed by atoms with van der Waals surface area (Å²) in [5, 5.41) is 3.37. The molecule has 0 atom stereocenters. The molecule has 3 rings (SSSR count). The zero-order valence-corrected chi connectivity index (χ0v) is 11.3. The average molecular weight is 263 g/mol. The van der Waals surface area contributed by atoms with Gasteiger partial charge in [0.05, 0.1) is 11.4 Å². The first kappa shape index (κ1) is 12.4. The molecule has 1 aromatic carbocycles. The fraction of sp³-hybridized carbons (Fsp3) is 0.571. The highest BCUT2D eigenvalue weighted by atomic mass is 16.6. The van der Waals surface area contributed by atoms with Crippen LogP contribution in [0.4, 0.5) is 11.4 Å². The third kappa shape index (κ3) is 2.87. The molecule has 104 valence electrons. The second kappa shape index (κ2) is 5.17. The molecule has 0 saturated heterocycles. The Morgan fingerprint density at radius 2 is 1.95 bits per heavy atom. The maximum Gasteiger partial charge on any atom is 0.163 e. The first-order valence-electron chi connectivity index (χ1n) is 6.87. The number of fused-ring (bicyclic) bond motifs is 1. The van der Waals surface area contributed by atoms with Crippen molar-refractivity contribution in [3.8, 4) is 11.5 Å². The highest BCUT2D eigenvalue weighted by Crippen LogP contribution is 2.36. The third-order valence-electron chi connectivity index (χ3n) is 3.66. The zero-order chi connectivity index (χ0) is 13.2. The zero-order valence-electron chi connectivity index (χ0n) is 11.3. The monoisotopic (exact) mass is 263 g/mol. The van der Waals surface area contributed by atoms with Gasteiger partial charge in [-0.25, -0.2) is 0 Å². The Bertz CT molecular complexity index is 460. The van der Waals surface area contributed by atoms with Gasteiger partial charge in [0.25, 0.3) is 0 Å². The van der Waals surface area contributed by atoms with Gasteiger partial charge in [-0.3, -0.25) is 0 Å². The lowest BCUT2D eigenvalue weighted by molar-refractivity contribution is 0.172. The lowest BCUT2D eigenvalue weighted by Crippen LogP contribution is -2.27. The van der Waals surface area contributed by atoms with Crippen molar-refractivity contribution < 1.29 is 9.47 Å². The molecule has 0 bridgehead atoms. The van der Waals surface area contributed by atoms with Gasteiger partial charge < -0.3 is 25.4 Å². The SMILES string of the molecule is CN(CCNc1cc2c(cc1N)OCCO2)C1CC1. The molecule has 19 heavy (non-hydrogen) atoms. The molecule has 1 aromatic rings. The van der Waals surface area contributed by atoms with E-state index in [9.17, 15) is 0 Å². The van der Waals surface area contributed by atoms with E-state index in [1.54, 1.807) is 0 Å². The Kier molecular flexibility index (Phi) is 3.38. The molecule has 0 unspecified atom stereocenters. The van der Waals surface area contributed by atoms with Gasteiger partial charge >= 0.3 is 0 Å². The van der Waals surface area contributed by atoms with E-state index in [4.69, 9.17) is 15.2 Å². The molecule has 5 nitrogen and oxygen atoms in total. The number of benzene rings is 1. The molecule has 3 N–H and O–H groups in total. The maximum absolute atomic E-state index is 6.02. The molecule has 1 aliphatic carbocycles. The Balaban J connectivity index is 1.60. The molecular weight excluding hydrogens is 242 g/mol.